The Morgan fingerprint density at radius 2 is 1.78 bits per heavy atom. The highest BCUT2D eigenvalue weighted by molar-refractivity contribution is 6.22. The topological polar surface area (TPSA) is 163 Å². The number of carbonyl (C=O) groups is 3. The van der Waals surface area contributed by atoms with E-state index in [9.17, 15) is 34.8 Å². The van der Waals surface area contributed by atoms with Crippen molar-refractivity contribution in [3.8, 4) is 11.4 Å². The van der Waals surface area contributed by atoms with Crippen molar-refractivity contribution in [1.82, 2.24) is 4.57 Å². The van der Waals surface area contributed by atoms with E-state index >= 15 is 0 Å². The Morgan fingerprint density at radius 1 is 1.09 bits per heavy atom. The van der Waals surface area contributed by atoms with E-state index in [1.807, 2.05) is 29.1 Å². The van der Waals surface area contributed by atoms with Gasteiger partial charge in [-0.2, -0.15) is 0 Å². The van der Waals surface area contributed by atoms with Crippen molar-refractivity contribution < 1.29 is 34.8 Å². The lowest BCUT2D eigenvalue weighted by molar-refractivity contribution is -0.147. The van der Waals surface area contributed by atoms with Gasteiger partial charge in [0.05, 0.1) is 5.56 Å². The lowest BCUT2D eigenvalue weighted by Crippen LogP contribution is -2.58. The first kappa shape index (κ1) is 20.1. The van der Waals surface area contributed by atoms with E-state index in [1.54, 1.807) is 6.07 Å². The van der Waals surface area contributed by atoms with Gasteiger partial charge in [-0.3, -0.25) is 14.4 Å². The van der Waals surface area contributed by atoms with Crippen LogP contribution in [0.25, 0.3) is 11.4 Å². The second-order valence-corrected chi connectivity index (χ2v) is 8.45. The van der Waals surface area contributed by atoms with Crippen LogP contribution in [0.4, 0.5) is 0 Å². The molecule has 0 unspecified atom stereocenters. The number of aromatic hydroxyl groups is 1. The highest BCUT2D eigenvalue weighted by Crippen LogP contribution is 2.52. The molecule has 9 nitrogen and oxygen atoms in total. The fraction of sp³-hybridized carbons (Fsp3) is 0.261. The maximum absolute atomic E-state index is 13.4. The van der Waals surface area contributed by atoms with Gasteiger partial charge in [0.25, 0.3) is 5.91 Å². The maximum atomic E-state index is 13.4. The second-order valence-electron chi connectivity index (χ2n) is 8.45. The number of rotatable bonds is 2. The summed E-state index contributed by atoms with van der Waals surface area (Å²) >= 11 is 0. The van der Waals surface area contributed by atoms with E-state index in [0.717, 1.165) is 0 Å². The number of nitrogens with two attached hydrogens (primary N) is 1. The largest absolute Gasteiger partial charge is 0.508 e. The zero-order valence-electron chi connectivity index (χ0n) is 16.8. The number of fused-ring (bicyclic) bond motifs is 3. The molecule has 32 heavy (non-hydrogen) atoms. The van der Waals surface area contributed by atoms with E-state index in [4.69, 9.17) is 5.73 Å². The van der Waals surface area contributed by atoms with Gasteiger partial charge in [0.2, 0.25) is 5.78 Å². The van der Waals surface area contributed by atoms with Crippen molar-refractivity contribution in [1.29, 1.82) is 0 Å². The summed E-state index contributed by atoms with van der Waals surface area (Å²) in [5.74, 6) is -6.34. The molecule has 3 aliphatic rings. The highest BCUT2D eigenvalue weighted by Gasteiger charge is 2.60. The van der Waals surface area contributed by atoms with Crippen molar-refractivity contribution in [2.75, 3.05) is 0 Å². The van der Waals surface area contributed by atoms with Gasteiger partial charge in [-0.25, -0.2) is 0 Å². The van der Waals surface area contributed by atoms with Crippen LogP contribution in [0.2, 0.25) is 0 Å². The quantitative estimate of drug-likeness (QED) is 0.442. The third kappa shape index (κ3) is 2.45. The number of aromatic nitrogens is 1. The van der Waals surface area contributed by atoms with E-state index in [0.29, 0.717) is 11.3 Å². The molecule has 9 heteroatoms. The van der Waals surface area contributed by atoms with Crippen molar-refractivity contribution >= 4 is 23.2 Å². The summed E-state index contributed by atoms with van der Waals surface area (Å²) in [6, 6.07) is 6.75. The SMILES string of the molecule is NC(=O)C1=C(O)[C@@]2(O)C(=O)C3=C(O)c4c(O)ccc(-n5cccc5)c4C[C@H]3C[C@H]2CC1=O. The Bertz CT molecular complexity index is 1270. The third-order valence-corrected chi connectivity index (χ3v) is 6.81. The Kier molecular flexibility index (Phi) is 4.12. The number of Topliss-reactive ketones (excluding diaryl/α,β-unsaturated/α-hetero) is 2. The van der Waals surface area contributed by atoms with E-state index in [2.05, 4.69) is 0 Å². The maximum Gasteiger partial charge on any atom is 0.255 e. The molecule has 6 N–H and O–H groups in total. The number of nitrogens with zero attached hydrogens (tertiary/aromatic N) is 1. The van der Waals surface area contributed by atoms with Crippen LogP contribution in [0, 0.1) is 11.8 Å². The predicted molar refractivity (Wildman–Crippen MR) is 111 cm³/mol. The Labute approximate surface area is 181 Å². The Morgan fingerprint density at radius 3 is 2.44 bits per heavy atom. The summed E-state index contributed by atoms with van der Waals surface area (Å²) in [7, 11) is 0. The van der Waals surface area contributed by atoms with E-state index < -0.39 is 52.0 Å². The molecule has 1 aromatic heterocycles. The number of primary amides is 1. The van der Waals surface area contributed by atoms with Crippen molar-refractivity contribution in [2.45, 2.75) is 24.9 Å². The molecular formula is C23H20N2O7. The van der Waals surface area contributed by atoms with E-state index in [1.165, 1.54) is 6.07 Å². The molecule has 5 rings (SSSR count). The van der Waals surface area contributed by atoms with Gasteiger partial charge in [0.15, 0.2) is 11.4 Å². The molecule has 2 aromatic rings. The third-order valence-electron chi connectivity index (χ3n) is 6.81. The number of hydrogen-bond acceptors (Lipinski definition) is 7. The molecule has 0 bridgehead atoms. The summed E-state index contributed by atoms with van der Waals surface area (Å²) < 4.78 is 1.81. The molecule has 0 radical (unpaired) electrons. The first-order valence-electron chi connectivity index (χ1n) is 10.1. The molecule has 1 aromatic carbocycles. The molecule has 1 saturated carbocycles. The zero-order valence-corrected chi connectivity index (χ0v) is 16.8. The van der Waals surface area contributed by atoms with Crippen LogP contribution in [0.15, 0.2) is 53.6 Å². The van der Waals surface area contributed by atoms with Crippen LogP contribution < -0.4 is 5.73 Å². The van der Waals surface area contributed by atoms with Gasteiger partial charge in [0, 0.05) is 36.0 Å². The predicted octanol–water partition coefficient (Wildman–Crippen LogP) is 1.21. The summed E-state index contributed by atoms with van der Waals surface area (Å²) in [6.07, 6.45) is 3.63. The first-order valence-corrected chi connectivity index (χ1v) is 10.1. The minimum atomic E-state index is -2.55. The number of hydrogen-bond donors (Lipinski definition) is 5. The fourth-order valence-corrected chi connectivity index (χ4v) is 5.34. The van der Waals surface area contributed by atoms with Crippen LogP contribution in [-0.4, -0.2) is 48.1 Å². The second kappa shape index (κ2) is 6.57. The number of ketones is 2. The number of phenols is 1. The molecule has 1 fully saturated rings. The summed E-state index contributed by atoms with van der Waals surface area (Å²) in [4.78, 5) is 37.5. The summed E-state index contributed by atoms with van der Waals surface area (Å²) in [6.45, 7) is 0. The van der Waals surface area contributed by atoms with Gasteiger partial charge < -0.3 is 30.7 Å². The Balaban J connectivity index is 1.72. The van der Waals surface area contributed by atoms with Crippen molar-refractivity contribution in [3.63, 3.8) is 0 Å². The standard InChI is InChI=1S/C23H20N2O7/c24-22(31)18-15(27)9-11-7-10-8-12-13(25-5-1-2-6-25)3-4-14(26)17(12)19(28)16(10)20(29)23(11,32)21(18)30/h1-6,10-11,26,28,30,32H,7-9H2,(H2,24,31)/t10-,11+,23+/m1/s1. The van der Waals surface area contributed by atoms with Crippen LogP contribution in [0.1, 0.15) is 24.0 Å². The van der Waals surface area contributed by atoms with E-state index in [-0.39, 0.29) is 36.1 Å². The molecule has 0 saturated heterocycles. The first-order chi connectivity index (χ1) is 15.2. The minimum absolute atomic E-state index is 0.0725. The molecule has 1 amide bonds. The molecule has 1 heterocycles. The lowest BCUT2D eigenvalue weighted by atomic mass is 9.59. The number of aliphatic hydroxyl groups excluding tert-OH is 2. The van der Waals surface area contributed by atoms with Crippen molar-refractivity contribution in [2.24, 2.45) is 17.6 Å². The lowest BCUT2D eigenvalue weighted by Gasteiger charge is -2.46. The van der Waals surface area contributed by atoms with Crippen LogP contribution in [0.5, 0.6) is 5.75 Å². The number of benzene rings is 1. The highest BCUT2D eigenvalue weighted by atomic mass is 16.3. The number of phenolic OH excluding ortho intramolecular Hbond substituents is 1. The smallest absolute Gasteiger partial charge is 0.255 e. The molecule has 3 aliphatic carbocycles. The van der Waals surface area contributed by atoms with Gasteiger partial charge in [-0.1, -0.05) is 0 Å². The zero-order chi connectivity index (χ0) is 22.9. The number of carbonyl (C=O) groups excluding carboxylic acids is 3. The van der Waals surface area contributed by atoms with Crippen LogP contribution in [0.3, 0.4) is 0 Å². The number of aliphatic hydroxyl groups is 3. The van der Waals surface area contributed by atoms with Gasteiger partial charge >= 0.3 is 0 Å². The normalized spacial score (nSPS) is 27.2. The average Bonchev–Trinajstić information content (AvgIpc) is 3.25. The minimum Gasteiger partial charge on any atom is -0.508 e. The molecular weight excluding hydrogens is 416 g/mol. The van der Waals surface area contributed by atoms with Gasteiger partial charge in [0.1, 0.15) is 22.8 Å². The average molecular weight is 436 g/mol. The van der Waals surface area contributed by atoms with Gasteiger partial charge in [-0.15, -0.1) is 0 Å². The molecule has 164 valence electrons. The van der Waals surface area contributed by atoms with Gasteiger partial charge in [-0.05, 0) is 48.6 Å². The Hall–Kier alpha value is -3.85. The number of amides is 1. The fourth-order valence-electron chi connectivity index (χ4n) is 5.34. The molecule has 0 spiro atoms. The monoisotopic (exact) mass is 436 g/mol. The summed E-state index contributed by atoms with van der Waals surface area (Å²) in [5, 5.41) is 43.3. The van der Waals surface area contributed by atoms with Crippen molar-refractivity contribution in [3.05, 3.63) is 64.7 Å². The summed E-state index contributed by atoms with van der Waals surface area (Å²) in [5.41, 5.74) is 3.07. The van der Waals surface area contributed by atoms with Crippen LogP contribution >= 0.6 is 0 Å². The molecule has 0 aliphatic heterocycles. The van der Waals surface area contributed by atoms with Crippen LogP contribution in [-0.2, 0) is 20.8 Å². The molecule has 3 atom stereocenters.